The van der Waals surface area contributed by atoms with Crippen molar-refractivity contribution in [2.45, 2.75) is 65.4 Å². The minimum absolute atomic E-state index is 0.0287. The number of nitrogens with one attached hydrogen (secondary N) is 1. The predicted octanol–water partition coefficient (Wildman–Crippen LogP) is -0.230. The van der Waals surface area contributed by atoms with Crippen LogP contribution in [0.25, 0.3) is 0 Å². The zero-order valence-electron chi connectivity index (χ0n) is 10.7. The van der Waals surface area contributed by atoms with Crippen LogP contribution in [0.2, 0.25) is 0 Å². The summed E-state index contributed by atoms with van der Waals surface area (Å²) in [7, 11) is 0. The fourth-order valence-corrected chi connectivity index (χ4v) is 6.91. The average molecular weight is 476 g/mol. The number of alkyl halides is 2. The van der Waals surface area contributed by atoms with Crippen molar-refractivity contribution in [3.8, 4) is 0 Å². The summed E-state index contributed by atoms with van der Waals surface area (Å²) in [4.78, 5) is 12.3. The molecule has 104 valence electrons. The van der Waals surface area contributed by atoms with Crippen molar-refractivity contribution in [2.24, 2.45) is 5.41 Å². The maximum absolute atomic E-state index is 12.3. The topological polar surface area (TPSA) is 48.2 Å². The second-order valence-corrected chi connectivity index (χ2v) is 9.94. The Hall–Kier alpha value is 0.890. The molecular weight excluding hydrogens is 456 g/mol. The van der Waals surface area contributed by atoms with E-state index in [0.717, 1.165) is 6.42 Å². The van der Waals surface area contributed by atoms with Crippen LogP contribution in [-0.4, -0.2) is 19.5 Å². The van der Waals surface area contributed by atoms with Gasteiger partial charge < -0.3 is 0 Å². The van der Waals surface area contributed by atoms with Crippen LogP contribution >= 0.6 is 22.6 Å². The molecule has 0 bridgehead atoms. The number of hydrogen-bond donors (Lipinski definition) is 1. The molecule has 1 saturated heterocycles. The van der Waals surface area contributed by atoms with Crippen molar-refractivity contribution in [3.63, 3.8) is 0 Å². The molecule has 0 amide bonds. The Morgan fingerprint density at radius 3 is 2.56 bits per heavy atom. The fraction of sp³-hybridized carbons (Fsp3) is 0.923. The number of ether oxygens (including phenoxy) is 1. The summed E-state index contributed by atoms with van der Waals surface area (Å²) >= 11 is 2.34. The van der Waals surface area contributed by atoms with Gasteiger partial charge >= 0.3 is 134 Å². The molecule has 0 aromatic carbocycles. The summed E-state index contributed by atoms with van der Waals surface area (Å²) in [6.45, 7) is 2.20. The molecule has 3 nitrogen and oxygen atoms in total. The second kappa shape index (κ2) is 5.02. The van der Waals surface area contributed by atoms with E-state index in [0.29, 0.717) is 9.46 Å². The second-order valence-electron chi connectivity index (χ2n) is 6.01. The van der Waals surface area contributed by atoms with E-state index in [9.17, 15) is 4.79 Å². The van der Waals surface area contributed by atoms with Crippen LogP contribution in [0.3, 0.4) is 0 Å². The Kier molecular flexibility index (Phi) is 3.86. The van der Waals surface area contributed by atoms with E-state index in [2.05, 4.69) is 33.0 Å². The summed E-state index contributed by atoms with van der Waals surface area (Å²) in [5.74, 6) is 0.0287. The molecule has 3 unspecified atom stereocenters. The van der Waals surface area contributed by atoms with Gasteiger partial charge in [0, 0.05) is 0 Å². The first kappa shape index (κ1) is 13.9. The van der Waals surface area contributed by atoms with Gasteiger partial charge in [-0.05, 0) is 0 Å². The van der Waals surface area contributed by atoms with Crippen LogP contribution in [0.5, 0.6) is 0 Å². The van der Waals surface area contributed by atoms with Gasteiger partial charge in [0.2, 0.25) is 0 Å². The maximum atomic E-state index is 12.3. The van der Waals surface area contributed by atoms with Gasteiger partial charge in [-0.2, -0.15) is 0 Å². The minimum atomic E-state index is -0.183. The van der Waals surface area contributed by atoms with Gasteiger partial charge in [-0.15, -0.1) is 0 Å². The first-order valence-corrected chi connectivity index (χ1v) is 10.4. The number of rotatable bonds is 3. The van der Waals surface area contributed by atoms with Gasteiger partial charge in [0.15, 0.2) is 0 Å². The molecule has 0 aromatic heterocycles. The molecule has 1 spiro atoms. The van der Waals surface area contributed by atoms with Crippen LogP contribution in [0, 0.1) is 5.41 Å². The summed E-state index contributed by atoms with van der Waals surface area (Å²) in [6.07, 6.45) is 8.71. The van der Waals surface area contributed by atoms with Gasteiger partial charge in [-0.3, -0.25) is 0 Å². The Morgan fingerprint density at radius 2 is 1.94 bits per heavy atom. The Labute approximate surface area is 133 Å². The van der Waals surface area contributed by atoms with Crippen molar-refractivity contribution >= 4 is 28.6 Å². The number of hydrogen-bond acceptors (Lipinski definition) is 3. The standard InChI is InChI=1S/C13H20I2NO2/c1-12(18-11(17)9(14)10-15-16-10)5-4-8-13(12)6-2-3-7-13/h9-10,16H,2-8H2,1H3/q-1. The Bertz CT molecular complexity index is 347. The monoisotopic (exact) mass is 476 g/mol. The molecule has 1 N–H and O–H groups in total. The van der Waals surface area contributed by atoms with Gasteiger partial charge in [-0.1, -0.05) is 0 Å². The number of esters is 1. The molecule has 3 atom stereocenters. The average Bonchev–Trinajstić information content (AvgIpc) is 3.00. The van der Waals surface area contributed by atoms with E-state index in [1.165, 1.54) is 38.5 Å². The van der Waals surface area contributed by atoms with Crippen molar-refractivity contribution in [1.82, 2.24) is 3.53 Å². The SMILES string of the molecule is CC1(OC(=O)C(I)C2N[I-]2)CCCC12CCCC2. The molecule has 1 heterocycles. The molecule has 2 saturated carbocycles. The van der Waals surface area contributed by atoms with Crippen LogP contribution in [0.15, 0.2) is 0 Å². The number of carbonyl (C=O) groups excluding carboxylic acids is 1. The van der Waals surface area contributed by atoms with Crippen LogP contribution < -0.4 is 25.0 Å². The van der Waals surface area contributed by atoms with Gasteiger partial charge in [0.1, 0.15) is 0 Å². The molecule has 0 radical (unpaired) electrons. The molecule has 0 aromatic rings. The van der Waals surface area contributed by atoms with E-state index in [-0.39, 0.29) is 37.0 Å². The summed E-state index contributed by atoms with van der Waals surface area (Å²) in [5.41, 5.74) is 0.127. The quantitative estimate of drug-likeness (QED) is 0.153. The first-order valence-electron chi connectivity index (χ1n) is 6.81. The first-order chi connectivity index (χ1) is 8.56. The summed E-state index contributed by atoms with van der Waals surface area (Å²) in [6, 6.07) is 0. The Balaban J connectivity index is 1.71. The summed E-state index contributed by atoms with van der Waals surface area (Å²) in [5, 5.41) is 0. The summed E-state index contributed by atoms with van der Waals surface area (Å²) < 4.78 is 9.84. The van der Waals surface area contributed by atoms with Crippen molar-refractivity contribution in [2.75, 3.05) is 0 Å². The Morgan fingerprint density at radius 1 is 1.33 bits per heavy atom. The number of halogens is 2. The van der Waals surface area contributed by atoms with Crippen molar-refractivity contribution in [3.05, 3.63) is 0 Å². The third kappa shape index (κ3) is 2.32. The van der Waals surface area contributed by atoms with Crippen molar-refractivity contribution in [1.29, 1.82) is 0 Å². The third-order valence-corrected chi connectivity index (χ3v) is 9.70. The van der Waals surface area contributed by atoms with Crippen molar-refractivity contribution < 1.29 is 31.0 Å². The third-order valence-electron chi connectivity index (χ3n) is 5.03. The van der Waals surface area contributed by atoms with Gasteiger partial charge in [-0.25, -0.2) is 0 Å². The molecule has 3 aliphatic rings. The molecule has 3 rings (SSSR count). The molecular formula is C13H20I2NO2-. The van der Waals surface area contributed by atoms with Crippen LogP contribution in [0.1, 0.15) is 51.9 Å². The van der Waals surface area contributed by atoms with Crippen LogP contribution in [-0.2, 0) is 9.53 Å². The molecule has 3 fully saturated rings. The van der Waals surface area contributed by atoms with E-state index in [1.807, 2.05) is 0 Å². The van der Waals surface area contributed by atoms with Gasteiger partial charge in [0.05, 0.1) is 0 Å². The van der Waals surface area contributed by atoms with E-state index < -0.39 is 0 Å². The predicted molar refractivity (Wildman–Crippen MR) is 74.0 cm³/mol. The molecule has 5 heteroatoms. The van der Waals surface area contributed by atoms with Gasteiger partial charge in [0.25, 0.3) is 0 Å². The molecule has 1 aliphatic heterocycles. The van der Waals surface area contributed by atoms with E-state index >= 15 is 0 Å². The zero-order chi connectivity index (χ0) is 12.8. The number of carbonyl (C=O) groups is 1. The van der Waals surface area contributed by atoms with E-state index in [1.54, 1.807) is 0 Å². The molecule has 2 aliphatic carbocycles. The normalized spacial score (nSPS) is 39.3. The van der Waals surface area contributed by atoms with Crippen LogP contribution in [0.4, 0.5) is 0 Å². The molecule has 18 heavy (non-hydrogen) atoms. The zero-order valence-corrected chi connectivity index (χ0v) is 15.0. The fourth-order valence-electron chi connectivity index (χ4n) is 3.83. The van der Waals surface area contributed by atoms with E-state index in [4.69, 9.17) is 4.74 Å².